The van der Waals surface area contributed by atoms with Crippen LogP contribution < -0.4 is 15.1 Å². The molecule has 168 valence electrons. The van der Waals surface area contributed by atoms with Crippen molar-refractivity contribution in [3.05, 3.63) is 97.2 Å². The lowest BCUT2D eigenvalue weighted by atomic mass is 10.2. The third-order valence-corrected chi connectivity index (χ3v) is 6.14. The molecule has 0 radical (unpaired) electrons. The van der Waals surface area contributed by atoms with Crippen LogP contribution in [0.15, 0.2) is 97.2 Å². The van der Waals surface area contributed by atoms with Crippen LogP contribution in [-0.4, -0.2) is 45.9 Å². The number of rotatable bonds is 5. The molecule has 0 unspecified atom stereocenters. The number of anilines is 4. The molecule has 1 aliphatic heterocycles. The quantitative estimate of drug-likeness (QED) is 0.414. The molecule has 0 aliphatic carbocycles. The Balaban J connectivity index is 1.37. The van der Waals surface area contributed by atoms with E-state index in [2.05, 4.69) is 50.5 Å². The molecule has 6 rings (SSSR count). The second-order valence-electron chi connectivity index (χ2n) is 8.30. The standard InChI is InChI=1S/C27H25N7/c1-4-10-21(11-5-1)29-25-24-20-28-34(23-14-8-3-9-15-23)26(24)31-27(30-25)33-18-16-32(17-19-33)22-12-6-2-7-13-22/h1-15,20H,16-19H2,(H,29,30,31). The zero-order chi connectivity index (χ0) is 22.7. The molecule has 0 saturated carbocycles. The molecule has 3 heterocycles. The molecule has 1 saturated heterocycles. The maximum Gasteiger partial charge on any atom is 0.229 e. The van der Waals surface area contributed by atoms with Gasteiger partial charge in [0.25, 0.3) is 0 Å². The van der Waals surface area contributed by atoms with Crippen molar-refractivity contribution in [2.24, 2.45) is 0 Å². The highest BCUT2D eigenvalue weighted by Crippen LogP contribution is 2.28. The smallest absolute Gasteiger partial charge is 0.229 e. The van der Waals surface area contributed by atoms with Gasteiger partial charge in [-0.05, 0) is 36.4 Å². The van der Waals surface area contributed by atoms with Crippen LogP contribution in [0, 0.1) is 0 Å². The molecule has 1 aliphatic rings. The largest absolute Gasteiger partial charge is 0.368 e. The van der Waals surface area contributed by atoms with Gasteiger partial charge in [-0.2, -0.15) is 15.1 Å². The van der Waals surface area contributed by atoms with Gasteiger partial charge in [-0.3, -0.25) is 0 Å². The summed E-state index contributed by atoms with van der Waals surface area (Å²) < 4.78 is 1.89. The van der Waals surface area contributed by atoms with Crippen LogP contribution in [0.4, 0.5) is 23.1 Å². The lowest BCUT2D eigenvalue weighted by Crippen LogP contribution is -2.47. The second kappa shape index (κ2) is 8.86. The summed E-state index contributed by atoms with van der Waals surface area (Å²) in [6, 6.07) is 30.8. The molecular formula is C27H25N7. The van der Waals surface area contributed by atoms with E-state index in [0.29, 0.717) is 0 Å². The molecule has 7 nitrogen and oxygen atoms in total. The molecular weight excluding hydrogens is 422 g/mol. The van der Waals surface area contributed by atoms with Gasteiger partial charge < -0.3 is 15.1 Å². The Bertz CT molecular complexity index is 1380. The van der Waals surface area contributed by atoms with E-state index in [-0.39, 0.29) is 0 Å². The van der Waals surface area contributed by atoms with Gasteiger partial charge in [-0.1, -0.05) is 54.6 Å². The van der Waals surface area contributed by atoms with Gasteiger partial charge in [0.05, 0.1) is 17.3 Å². The van der Waals surface area contributed by atoms with Gasteiger partial charge in [0.15, 0.2) is 5.65 Å². The van der Waals surface area contributed by atoms with E-state index in [4.69, 9.17) is 9.97 Å². The lowest BCUT2D eigenvalue weighted by molar-refractivity contribution is 0.641. The van der Waals surface area contributed by atoms with Crippen molar-refractivity contribution in [1.29, 1.82) is 0 Å². The van der Waals surface area contributed by atoms with E-state index in [1.807, 2.05) is 71.5 Å². The van der Waals surface area contributed by atoms with Gasteiger partial charge in [0, 0.05) is 37.6 Å². The summed E-state index contributed by atoms with van der Waals surface area (Å²) in [5.41, 5.74) is 4.00. The number of piperazine rings is 1. The number of nitrogens with zero attached hydrogens (tertiary/aromatic N) is 6. The fraction of sp³-hybridized carbons (Fsp3) is 0.148. The van der Waals surface area contributed by atoms with E-state index in [9.17, 15) is 0 Å². The summed E-state index contributed by atoms with van der Waals surface area (Å²) in [6.07, 6.45) is 1.84. The number of benzene rings is 3. The fourth-order valence-corrected chi connectivity index (χ4v) is 4.35. The van der Waals surface area contributed by atoms with Crippen molar-refractivity contribution in [3.8, 4) is 5.69 Å². The zero-order valence-electron chi connectivity index (χ0n) is 18.7. The van der Waals surface area contributed by atoms with Crippen molar-refractivity contribution in [3.63, 3.8) is 0 Å². The van der Waals surface area contributed by atoms with Crippen LogP contribution in [-0.2, 0) is 0 Å². The summed E-state index contributed by atoms with van der Waals surface area (Å²) >= 11 is 0. The van der Waals surface area contributed by atoms with Crippen LogP contribution >= 0.6 is 0 Å². The van der Waals surface area contributed by atoms with Crippen LogP contribution in [0.5, 0.6) is 0 Å². The van der Waals surface area contributed by atoms with E-state index in [1.54, 1.807) is 0 Å². The van der Waals surface area contributed by atoms with Crippen LogP contribution in [0.1, 0.15) is 0 Å². The van der Waals surface area contributed by atoms with Gasteiger partial charge in [-0.25, -0.2) is 4.68 Å². The van der Waals surface area contributed by atoms with E-state index in [0.717, 1.165) is 60.4 Å². The average Bonchev–Trinajstić information content (AvgIpc) is 3.35. The number of aromatic nitrogens is 4. The van der Waals surface area contributed by atoms with E-state index in [1.165, 1.54) is 5.69 Å². The molecule has 0 amide bonds. The highest BCUT2D eigenvalue weighted by Gasteiger charge is 2.22. The first-order chi connectivity index (χ1) is 16.8. The predicted molar refractivity (Wildman–Crippen MR) is 137 cm³/mol. The van der Waals surface area contributed by atoms with Gasteiger partial charge in [-0.15, -0.1) is 0 Å². The fourth-order valence-electron chi connectivity index (χ4n) is 4.35. The maximum absolute atomic E-state index is 4.99. The number of hydrogen-bond donors (Lipinski definition) is 1. The third-order valence-electron chi connectivity index (χ3n) is 6.14. The van der Waals surface area contributed by atoms with E-state index >= 15 is 0 Å². The first-order valence-corrected chi connectivity index (χ1v) is 11.5. The normalized spacial score (nSPS) is 13.9. The zero-order valence-corrected chi connectivity index (χ0v) is 18.7. The van der Waals surface area contributed by atoms with Gasteiger partial charge >= 0.3 is 0 Å². The summed E-state index contributed by atoms with van der Waals surface area (Å²) in [4.78, 5) is 14.6. The SMILES string of the molecule is c1ccc(Nc2nc(N3CCN(c4ccccc4)CC3)nc3c2cnn3-c2ccccc2)cc1. The average molecular weight is 448 g/mol. The Labute approximate surface area is 198 Å². The summed E-state index contributed by atoms with van der Waals surface area (Å²) in [5.74, 6) is 1.48. The minimum Gasteiger partial charge on any atom is -0.368 e. The van der Waals surface area contributed by atoms with Crippen molar-refractivity contribution >= 4 is 34.2 Å². The molecule has 2 aromatic heterocycles. The van der Waals surface area contributed by atoms with E-state index < -0.39 is 0 Å². The van der Waals surface area contributed by atoms with Crippen molar-refractivity contribution in [2.75, 3.05) is 41.3 Å². The first-order valence-electron chi connectivity index (χ1n) is 11.5. The molecule has 34 heavy (non-hydrogen) atoms. The summed E-state index contributed by atoms with van der Waals surface area (Å²) in [7, 11) is 0. The van der Waals surface area contributed by atoms with Crippen LogP contribution in [0.2, 0.25) is 0 Å². The summed E-state index contributed by atoms with van der Waals surface area (Å²) in [6.45, 7) is 3.55. The Morgan fingerprint density at radius 2 is 1.21 bits per heavy atom. The number of para-hydroxylation sites is 3. The first kappa shape index (κ1) is 20.2. The van der Waals surface area contributed by atoms with Gasteiger partial charge in [0.2, 0.25) is 5.95 Å². The molecule has 0 bridgehead atoms. The minimum atomic E-state index is 0.719. The Kier molecular flexibility index (Phi) is 5.27. The molecule has 7 heteroatoms. The van der Waals surface area contributed by atoms with Crippen molar-refractivity contribution in [2.45, 2.75) is 0 Å². The number of hydrogen-bond acceptors (Lipinski definition) is 6. The molecule has 1 N–H and O–H groups in total. The Hall–Kier alpha value is -4.39. The highest BCUT2D eigenvalue weighted by molar-refractivity contribution is 5.90. The molecule has 0 spiro atoms. The molecule has 0 atom stereocenters. The highest BCUT2D eigenvalue weighted by atomic mass is 15.4. The van der Waals surface area contributed by atoms with Crippen LogP contribution in [0.3, 0.4) is 0 Å². The molecule has 1 fully saturated rings. The number of nitrogens with one attached hydrogen (secondary N) is 1. The van der Waals surface area contributed by atoms with Crippen molar-refractivity contribution < 1.29 is 0 Å². The van der Waals surface area contributed by atoms with Crippen LogP contribution in [0.25, 0.3) is 16.7 Å². The third kappa shape index (κ3) is 3.92. The summed E-state index contributed by atoms with van der Waals surface area (Å²) in [5, 5.41) is 9.03. The van der Waals surface area contributed by atoms with Crippen molar-refractivity contribution in [1.82, 2.24) is 19.7 Å². The number of fused-ring (bicyclic) bond motifs is 1. The Morgan fingerprint density at radius 3 is 1.88 bits per heavy atom. The minimum absolute atomic E-state index is 0.719. The Morgan fingerprint density at radius 1 is 0.618 bits per heavy atom. The lowest BCUT2D eigenvalue weighted by Gasteiger charge is -2.36. The van der Waals surface area contributed by atoms with Gasteiger partial charge in [0.1, 0.15) is 5.82 Å². The maximum atomic E-state index is 4.99. The predicted octanol–water partition coefficient (Wildman–Crippen LogP) is 4.89. The second-order valence-corrected chi connectivity index (χ2v) is 8.30. The molecule has 5 aromatic rings. The monoisotopic (exact) mass is 447 g/mol. The topological polar surface area (TPSA) is 62.1 Å². The molecule has 3 aromatic carbocycles.